The molecule has 0 saturated heterocycles. The summed E-state index contributed by atoms with van der Waals surface area (Å²) in [5, 5.41) is 4.60. The number of nitrogens with one attached hydrogen (secondary N) is 1. The Morgan fingerprint density at radius 3 is 2.34 bits per heavy atom. The van der Waals surface area contributed by atoms with Crippen molar-refractivity contribution in [1.29, 1.82) is 0 Å². The highest BCUT2D eigenvalue weighted by atomic mass is 35.5. The standard InChI is InChI=1S/C23H23Cl2NO3/c1-3-28-22-10-6-8-16(14-26-18-11-12-21(27-2)20(25)13-18)23(22)29-15-17-7-4-5-9-19(17)24/h4-13,26H,3,14-15H2,1-2H3. The molecule has 0 atom stereocenters. The van der Waals surface area contributed by atoms with Crippen LogP contribution in [-0.2, 0) is 13.2 Å². The van der Waals surface area contributed by atoms with Gasteiger partial charge in [-0.25, -0.2) is 0 Å². The molecule has 1 N–H and O–H groups in total. The molecule has 0 aromatic heterocycles. The summed E-state index contributed by atoms with van der Waals surface area (Å²) in [4.78, 5) is 0. The zero-order valence-electron chi connectivity index (χ0n) is 16.4. The first-order chi connectivity index (χ1) is 14.1. The van der Waals surface area contributed by atoms with E-state index in [0.29, 0.717) is 47.1 Å². The minimum absolute atomic E-state index is 0.352. The Kier molecular flexibility index (Phi) is 7.50. The van der Waals surface area contributed by atoms with E-state index in [1.54, 1.807) is 7.11 Å². The van der Waals surface area contributed by atoms with E-state index in [-0.39, 0.29) is 0 Å². The van der Waals surface area contributed by atoms with Crippen LogP contribution in [0.1, 0.15) is 18.1 Å². The Morgan fingerprint density at radius 1 is 0.828 bits per heavy atom. The number of halogens is 2. The van der Waals surface area contributed by atoms with Crippen molar-refractivity contribution in [2.75, 3.05) is 19.0 Å². The zero-order chi connectivity index (χ0) is 20.6. The molecule has 0 amide bonds. The van der Waals surface area contributed by atoms with Gasteiger partial charge in [0.05, 0.1) is 18.7 Å². The highest BCUT2D eigenvalue weighted by Crippen LogP contribution is 2.34. The van der Waals surface area contributed by atoms with Gasteiger partial charge in [0.1, 0.15) is 12.4 Å². The zero-order valence-corrected chi connectivity index (χ0v) is 17.9. The first-order valence-electron chi connectivity index (χ1n) is 9.30. The van der Waals surface area contributed by atoms with Crippen LogP contribution in [0.3, 0.4) is 0 Å². The highest BCUT2D eigenvalue weighted by Gasteiger charge is 2.13. The number of hydrogen-bond donors (Lipinski definition) is 1. The van der Waals surface area contributed by atoms with Gasteiger partial charge in [0, 0.05) is 28.4 Å². The second-order valence-electron chi connectivity index (χ2n) is 6.26. The average Bonchev–Trinajstić information content (AvgIpc) is 2.73. The van der Waals surface area contributed by atoms with Crippen LogP contribution in [0.15, 0.2) is 60.7 Å². The maximum absolute atomic E-state index is 6.27. The largest absolute Gasteiger partial charge is 0.495 e. The van der Waals surface area contributed by atoms with Crippen LogP contribution in [0.25, 0.3) is 0 Å². The van der Waals surface area contributed by atoms with Gasteiger partial charge in [-0.1, -0.05) is 53.5 Å². The van der Waals surface area contributed by atoms with Crippen molar-refractivity contribution in [3.63, 3.8) is 0 Å². The monoisotopic (exact) mass is 431 g/mol. The molecule has 0 saturated carbocycles. The molecule has 0 aliphatic rings. The van der Waals surface area contributed by atoms with E-state index in [1.807, 2.05) is 67.6 Å². The van der Waals surface area contributed by atoms with Gasteiger partial charge < -0.3 is 19.5 Å². The predicted octanol–water partition coefficient (Wildman–Crippen LogP) is 6.59. The SMILES string of the molecule is CCOc1cccc(CNc2ccc(OC)c(Cl)c2)c1OCc1ccccc1Cl. The van der Waals surface area contributed by atoms with Crippen LogP contribution in [0.4, 0.5) is 5.69 Å². The number of hydrogen-bond acceptors (Lipinski definition) is 4. The average molecular weight is 432 g/mol. The summed E-state index contributed by atoms with van der Waals surface area (Å²) < 4.78 is 17.1. The Morgan fingerprint density at radius 2 is 1.62 bits per heavy atom. The lowest BCUT2D eigenvalue weighted by Crippen LogP contribution is -2.06. The van der Waals surface area contributed by atoms with Crippen molar-refractivity contribution in [3.05, 3.63) is 81.8 Å². The lowest BCUT2D eigenvalue weighted by molar-refractivity contribution is 0.267. The van der Waals surface area contributed by atoms with Crippen LogP contribution < -0.4 is 19.5 Å². The molecule has 3 rings (SSSR count). The van der Waals surface area contributed by atoms with Crippen LogP contribution in [0, 0.1) is 0 Å². The van der Waals surface area contributed by atoms with Gasteiger partial charge in [-0.3, -0.25) is 0 Å². The van der Waals surface area contributed by atoms with Gasteiger partial charge in [-0.2, -0.15) is 0 Å². The lowest BCUT2D eigenvalue weighted by Gasteiger charge is -2.17. The van der Waals surface area contributed by atoms with Crippen molar-refractivity contribution in [3.8, 4) is 17.2 Å². The van der Waals surface area contributed by atoms with Crippen LogP contribution >= 0.6 is 23.2 Å². The van der Waals surface area contributed by atoms with Crippen LogP contribution in [-0.4, -0.2) is 13.7 Å². The summed E-state index contributed by atoms with van der Waals surface area (Å²) in [6.45, 7) is 3.39. The van der Waals surface area contributed by atoms with E-state index >= 15 is 0 Å². The molecule has 0 heterocycles. The van der Waals surface area contributed by atoms with Crippen LogP contribution in [0.5, 0.6) is 17.2 Å². The highest BCUT2D eigenvalue weighted by molar-refractivity contribution is 6.32. The number of rotatable bonds is 9. The first kappa shape index (κ1) is 21.2. The molecule has 0 aliphatic carbocycles. The quantitative estimate of drug-likeness (QED) is 0.414. The molecule has 0 fully saturated rings. The predicted molar refractivity (Wildman–Crippen MR) is 119 cm³/mol. The summed E-state index contributed by atoms with van der Waals surface area (Å²) >= 11 is 12.5. The van der Waals surface area contributed by atoms with E-state index in [2.05, 4.69) is 5.32 Å². The number of benzene rings is 3. The fourth-order valence-electron chi connectivity index (χ4n) is 2.87. The summed E-state index contributed by atoms with van der Waals surface area (Å²) in [6.07, 6.45) is 0. The lowest BCUT2D eigenvalue weighted by atomic mass is 10.1. The maximum Gasteiger partial charge on any atom is 0.166 e. The van der Waals surface area contributed by atoms with Gasteiger partial charge in [-0.05, 0) is 37.3 Å². The number of ether oxygens (including phenoxy) is 3. The fraction of sp³-hybridized carbons (Fsp3) is 0.217. The molecule has 0 unspecified atom stereocenters. The molecule has 6 heteroatoms. The maximum atomic E-state index is 6.27. The second kappa shape index (κ2) is 10.3. The van der Waals surface area contributed by atoms with E-state index in [1.165, 1.54) is 0 Å². The van der Waals surface area contributed by atoms with E-state index < -0.39 is 0 Å². The van der Waals surface area contributed by atoms with Crippen molar-refractivity contribution in [2.45, 2.75) is 20.1 Å². The topological polar surface area (TPSA) is 39.7 Å². The van der Waals surface area contributed by atoms with Gasteiger partial charge in [0.25, 0.3) is 0 Å². The third kappa shape index (κ3) is 5.49. The number of anilines is 1. The molecule has 4 nitrogen and oxygen atoms in total. The van der Waals surface area contributed by atoms with Crippen molar-refractivity contribution >= 4 is 28.9 Å². The number of methoxy groups -OCH3 is 1. The molecular weight excluding hydrogens is 409 g/mol. The van der Waals surface area contributed by atoms with E-state index in [4.69, 9.17) is 37.4 Å². The van der Waals surface area contributed by atoms with Crippen molar-refractivity contribution in [1.82, 2.24) is 0 Å². The van der Waals surface area contributed by atoms with E-state index in [9.17, 15) is 0 Å². The summed E-state index contributed by atoms with van der Waals surface area (Å²) in [5.41, 5.74) is 2.77. The molecule has 0 spiro atoms. The smallest absolute Gasteiger partial charge is 0.166 e. The van der Waals surface area contributed by atoms with Gasteiger partial charge >= 0.3 is 0 Å². The number of para-hydroxylation sites is 1. The Balaban J connectivity index is 1.79. The molecular formula is C23H23Cl2NO3. The third-order valence-corrected chi connectivity index (χ3v) is 4.99. The van der Waals surface area contributed by atoms with Crippen LogP contribution in [0.2, 0.25) is 10.0 Å². The second-order valence-corrected chi connectivity index (χ2v) is 7.07. The van der Waals surface area contributed by atoms with Crippen molar-refractivity contribution in [2.24, 2.45) is 0 Å². The fourth-order valence-corrected chi connectivity index (χ4v) is 3.32. The minimum Gasteiger partial charge on any atom is -0.495 e. The minimum atomic E-state index is 0.352. The van der Waals surface area contributed by atoms with Crippen molar-refractivity contribution < 1.29 is 14.2 Å². The molecule has 3 aromatic carbocycles. The molecule has 152 valence electrons. The molecule has 29 heavy (non-hydrogen) atoms. The van der Waals surface area contributed by atoms with E-state index in [0.717, 1.165) is 16.8 Å². The molecule has 0 aliphatic heterocycles. The van der Waals surface area contributed by atoms with Gasteiger partial charge in [-0.15, -0.1) is 0 Å². The Bertz CT molecular complexity index is 963. The molecule has 0 bridgehead atoms. The molecule has 3 aromatic rings. The first-order valence-corrected chi connectivity index (χ1v) is 10.1. The normalized spacial score (nSPS) is 10.5. The van der Waals surface area contributed by atoms with Gasteiger partial charge in [0.15, 0.2) is 11.5 Å². The Labute approximate surface area is 181 Å². The Hall–Kier alpha value is -2.56. The van der Waals surface area contributed by atoms with Gasteiger partial charge in [0.2, 0.25) is 0 Å². The summed E-state index contributed by atoms with van der Waals surface area (Å²) in [7, 11) is 1.59. The summed E-state index contributed by atoms with van der Waals surface area (Å²) in [5.74, 6) is 2.03. The summed E-state index contributed by atoms with van der Waals surface area (Å²) in [6, 6.07) is 19.1. The third-order valence-electron chi connectivity index (χ3n) is 4.32. The molecule has 0 radical (unpaired) electrons.